The molecule has 4 nitrogen and oxygen atoms in total. The molecule has 0 bridgehead atoms. The Kier molecular flexibility index (Phi) is 5.44. The molecule has 0 amide bonds. The van der Waals surface area contributed by atoms with E-state index in [1.54, 1.807) is 0 Å². The van der Waals surface area contributed by atoms with Crippen molar-refractivity contribution in [3.63, 3.8) is 0 Å². The van der Waals surface area contributed by atoms with Crippen LogP contribution >= 0.6 is 0 Å². The highest BCUT2D eigenvalue weighted by Crippen LogP contribution is 2.32. The molecule has 0 radical (unpaired) electrons. The first-order valence-electron chi connectivity index (χ1n) is 9.25. The Morgan fingerprint density at radius 3 is 2.46 bits per heavy atom. The number of aliphatic hydroxyl groups excluding tert-OH is 1. The van der Waals surface area contributed by atoms with Gasteiger partial charge in [0.05, 0.1) is 6.61 Å². The number of rotatable bonds is 6. The second kappa shape index (κ2) is 7.60. The molecule has 2 N–H and O–H groups in total. The molecule has 26 heavy (non-hydrogen) atoms. The van der Waals surface area contributed by atoms with E-state index in [1.807, 2.05) is 18.3 Å². The number of hydrogen-bond acceptors (Lipinski definition) is 3. The number of pyridine rings is 1. The quantitative estimate of drug-likeness (QED) is 0.698. The van der Waals surface area contributed by atoms with Crippen molar-refractivity contribution >= 4 is 11.0 Å². The lowest BCUT2D eigenvalue weighted by Crippen LogP contribution is -2.35. The van der Waals surface area contributed by atoms with E-state index >= 15 is 0 Å². The number of nitrogens with zero attached hydrogens (tertiary/aromatic N) is 2. The summed E-state index contributed by atoms with van der Waals surface area (Å²) in [6.07, 6.45) is 1.83. The van der Waals surface area contributed by atoms with Crippen molar-refractivity contribution in [2.45, 2.75) is 52.2 Å². The van der Waals surface area contributed by atoms with Crippen LogP contribution in [0, 0.1) is 0 Å². The van der Waals surface area contributed by atoms with Gasteiger partial charge in [-0.2, -0.15) is 0 Å². The molecule has 3 rings (SSSR count). The molecule has 0 aliphatic rings. The Morgan fingerprint density at radius 2 is 1.81 bits per heavy atom. The first-order valence-corrected chi connectivity index (χ1v) is 9.25. The van der Waals surface area contributed by atoms with Crippen LogP contribution in [0.2, 0.25) is 0 Å². The van der Waals surface area contributed by atoms with E-state index in [-0.39, 0.29) is 18.1 Å². The fourth-order valence-corrected chi connectivity index (χ4v) is 3.39. The number of hydrogen-bond donors (Lipinski definition) is 2. The Hall–Kier alpha value is -2.17. The average molecular weight is 351 g/mol. The second-order valence-electron chi connectivity index (χ2n) is 8.05. The SMILES string of the molecule is C[C@H](CO)N(Cc1ccccc1)Cc1c(C(C)(C)C)[nH]c2ncccc12. The smallest absolute Gasteiger partial charge is 0.137 e. The Balaban J connectivity index is 2.00. The number of benzene rings is 1. The molecule has 138 valence electrons. The van der Waals surface area contributed by atoms with Gasteiger partial charge in [0.15, 0.2) is 0 Å². The topological polar surface area (TPSA) is 52.1 Å². The highest BCUT2D eigenvalue weighted by atomic mass is 16.3. The summed E-state index contributed by atoms with van der Waals surface area (Å²) in [5.74, 6) is 0. The van der Waals surface area contributed by atoms with Crippen molar-refractivity contribution < 1.29 is 5.11 Å². The number of aliphatic hydroxyl groups is 1. The molecule has 0 saturated heterocycles. The summed E-state index contributed by atoms with van der Waals surface area (Å²) in [6, 6.07) is 14.6. The maximum absolute atomic E-state index is 9.79. The predicted molar refractivity (Wildman–Crippen MR) is 107 cm³/mol. The summed E-state index contributed by atoms with van der Waals surface area (Å²) in [7, 11) is 0. The molecule has 2 heterocycles. The van der Waals surface area contributed by atoms with Crippen LogP contribution in [-0.4, -0.2) is 32.6 Å². The number of aromatic amines is 1. The normalized spacial score (nSPS) is 13.5. The minimum Gasteiger partial charge on any atom is -0.395 e. The van der Waals surface area contributed by atoms with Gasteiger partial charge in [-0.15, -0.1) is 0 Å². The highest BCUT2D eigenvalue weighted by molar-refractivity contribution is 5.81. The molecular weight excluding hydrogens is 322 g/mol. The number of nitrogens with one attached hydrogen (secondary N) is 1. The van der Waals surface area contributed by atoms with E-state index in [4.69, 9.17) is 0 Å². The Morgan fingerprint density at radius 1 is 1.08 bits per heavy atom. The molecule has 0 aliphatic heterocycles. The van der Waals surface area contributed by atoms with E-state index in [2.05, 4.69) is 72.9 Å². The first-order chi connectivity index (χ1) is 12.4. The molecule has 1 aromatic carbocycles. The van der Waals surface area contributed by atoms with E-state index in [1.165, 1.54) is 22.2 Å². The summed E-state index contributed by atoms with van der Waals surface area (Å²) in [4.78, 5) is 10.4. The van der Waals surface area contributed by atoms with Gasteiger partial charge >= 0.3 is 0 Å². The van der Waals surface area contributed by atoms with Crippen LogP contribution in [-0.2, 0) is 18.5 Å². The second-order valence-corrected chi connectivity index (χ2v) is 8.05. The third-order valence-electron chi connectivity index (χ3n) is 4.91. The molecule has 0 unspecified atom stereocenters. The van der Waals surface area contributed by atoms with Gasteiger partial charge in [-0.25, -0.2) is 4.98 Å². The molecule has 0 saturated carbocycles. The van der Waals surface area contributed by atoms with Gasteiger partial charge in [-0.1, -0.05) is 51.1 Å². The van der Waals surface area contributed by atoms with Crippen LogP contribution in [0.1, 0.15) is 44.5 Å². The van der Waals surface area contributed by atoms with Gasteiger partial charge in [0.25, 0.3) is 0 Å². The van der Waals surface area contributed by atoms with E-state index < -0.39 is 0 Å². The van der Waals surface area contributed by atoms with Gasteiger partial charge in [-0.05, 0) is 30.2 Å². The molecular formula is C22H29N3O. The van der Waals surface area contributed by atoms with Crippen LogP contribution in [0.25, 0.3) is 11.0 Å². The predicted octanol–water partition coefficient (Wildman–Crippen LogP) is 4.24. The van der Waals surface area contributed by atoms with Crippen LogP contribution in [0.15, 0.2) is 48.7 Å². The van der Waals surface area contributed by atoms with Gasteiger partial charge in [-0.3, -0.25) is 4.90 Å². The number of aromatic nitrogens is 2. The standard InChI is InChI=1S/C22H29N3O/c1-16(15-26)25(13-17-9-6-5-7-10-17)14-19-18-11-8-12-23-21(18)24-20(19)22(2,3)4/h5-12,16,26H,13-15H2,1-4H3,(H,23,24)/t16-/m1/s1. The third kappa shape index (κ3) is 3.97. The summed E-state index contributed by atoms with van der Waals surface area (Å²) < 4.78 is 0. The Bertz CT molecular complexity index is 849. The maximum Gasteiger partial charge on any atom is 0.137 e. The Labute approximate surface area is 155 Å². The van der Waals surface area contributed by atoms with Crippen molar-refractivity contribution in [1.29, 1.82) is 0 Å². The summed E-state index contributed by atoms with van der Waals surface area (Å²) >= 11 is 0. The van der Waals surface area contributed by atoms with Gasteiger partial charge < -0.3 is 10.1 Å². The van der Waals surface area contributed by atoms with Crippen molar-refractivity contribution in [3.8, 4) is 0 Å². The number of fused-ring (bicyclic) bond motifs is 1. The maximum atomic E-state index is 9.79. The molecule has 2 aromatic heterocycles. The monoisotopic (exact) mass is 351 g/mol. The minimum atomic E-state index is -0.00307. The van der Waals surface area contributed by atoms with Crippen molar-refractivity contribution in [3.05, 3.63) is 65.5 Å². The number of H-pyrrole nitrogens is 1. The van der Waals surface area contributed by atoms with Crippen LogP contribution in [0.4, 0.5) is 0 Å². The first kappa shape index (κ1) is 18.6. The summed E-state index contributed by atoms with van der Waals surface area (Å²) in [5.41, 5.74) is 4.68. The zero-order chi connectivity index (χ0) is 18.7. The molecule has 4 heteroatoms. The third-order valence-corrected chi connectivity index (χ3v) is 4.91. The lowest BCUT2D eigenvalue weighted by molar-refractivity contribution is 0.121. The fraction of sp³-hybridized carbons (Fsp3) is 0.409. The van der Waals surface area contributed by atoms with Crippen LogP contribution < -0.4 is 0 Å². The van der Waals surface area contributed by atoms with E-state index in [0.29, 0.717) is 0 Å². The van der Waals surface area contributed by atoms with E-state index in [0.717, 1.165) is 18.7 Å². The van der Waals surface area contributed by atoms with Gasteiger partial charge in [0, 0.05) is 41.8 Å². The zero-order valence-electron chi connectivity index (χ0n) is 16.2. The zero-order valence-corrected chi connectivity index (χ0v) is 16.2. The molecule has 0 fully saturated rings. The lowest BCUT2D eigenvalue weighted by atomic mass is 9.88. The van der Waals surface area contributed by atoms with Crippen LogP contribution in [0.5, 0.6) is 0 Å². The molecule has 0 spiro atoms. The van der Waals surface area contributed by atoms with Gasteiger partial charge in [0.2, 0.25) is 0 Å². The van der Waals surface area contributed by atoms with Crippen molar-refractivity contribution in [1.82, 2.24) is 14.9 Å². The molecule has 3 aromatic rings. The summed E-state index contributed by atoms with van der Waals surface area (Å²) in [6.45, 7) is 10.5. The lowest BCUT2D eigenvalue weighted by Gasteiger charge is -2.29. The minimum absolute atomic E-state index is 0.00307. The summed E-state index contributed by atoms with van der Waals surface area (Å²) in [5, 5.41) is 11.0. The molecule has 1 atom stereocenters. The fourth-order valence-electron chi connectivity index (χ4n) is 3.39. The van der Waals surface area contributed by atoms with E-state index in [9.17, 15) is 5.11 Å². The van der Waals surface area contributed by atoms with Gasteiger partial charge in [0.1, 0.15) is 5.65 Å². The average Bonchev–Trinajstić information content (AvgIpc) is 3.00. The van der Waals surface area contributed by atoms with Crippen molar-refractivity contribution in [2.75, 3.05) is 6.61 Å². The largest absolute Gasteiger partial charge is 0.395 e. The van der Waals surface area contributed by atoms with Crippen molar-refractivity contribution in [2.24, 2.45) is 0 Å². The molecule has 0 aliphatic carbocycles. The highest BCUT2D eigenvalue weighted by Gasteiger charge is 2.25. The van der Waals surface area contributed by atoms with Crippen LogP contribution in [0.3, 0.4) is 0 Å².